The second-order valence-electron chi connectivity index (χ2n) is 4.22. The first-order valence-corrected chi connectivity index (χ1v) is 6.85. The number of nitrogens with zero attached hydrogens (tertiary/aromatic N) is 2. The molecule has 0 aliphatic heterocycles. The summed E-state index contributed by atoms with van der Waals surface area (Å²) in [5.41, 5.74) is 2.66. The Hall–Kier alpha value is -1.09. The number of alkyl halides is 1. The lowest BCUT2D eigenvalue weighted by molar-refractivity contribution is 0.658. The highest BCUT2D eigenvalue weighted by Crippen LogP contribution is 2.27. The van der Waals surface area contributed by atoms with Crippen LogP contribution in [-0.2, 0) is 13.5 Å². The third-order valence-electron chi connectivity index (χ3n) is 2.97. The smallest absolute Gasteiger partial charge is 0.0492 e. The van der Waals surface area contributed by atoms with Crippen molar-refractivity contribution in [3.63, 3.8) is 0 Å². The Morgan fingerprint density at radius 2 is 2.00 bits per heavy atom. The maximum atomic E-state index is 4.18. The summed E-state index contributed by atoms with van der Waals surface area (Å²) in [6.45, 7) is 0. The van der Waals surface area contributed by atoms with Crippen molar-refractivity contribution in [1.82, 2.24) is 9.78 Å². The van der Waals surface area contributed by atoms with E-state index in [2.05, 4.69) is 57.4 Å². The van der Waals surface area contributed by atoms with E-state index in [1.54, 1.807) is 0 Å². The molecule has 2 aromatic rings. The Labute approximate surface area is 111 Å². The number of aryl methyl sites for hydroxylation is 2. The van der Waals surface area contributed by atoms with Crippen LogP contribution in [-0.4, -0.2) is 9.78 Å². The molecule has 17 heavy (non-hydrogen) atoms. The molecule has 0 aliphatic rings. The molecule has 0 amide bonds. The van der Waals surface area contributed by atoms with Gasteiger partial charge in [-0.15, -0.1) is 0 Å². The van der Waals surface area contributed by atoms with Gasteiger partial charge in [-0.3, -0.25) is 4.68 Å². The second kappa shape index (κ2) is 6.01. The predicted molar refractivity (Wildman–Crippen MR) is 74.3 cm³/mol. The minimum atomic E-state index is 0.455. The van der Waals surface area contributed by atoms with Gasteiger partial charge in [0.2, 0.25) is 0 Å². The highest BCUT2D eigenvalue weighted by atomic mass is 79.9. The van der Waals surface area contributed by atoms with Gasteiger partial charge in [-0.1, -0.05) is 46.3 Å². The van der Waals surface area contributed by atoms with E-state index in [1.807, 2.05) is 17.9 Å². The van der Waals surface area contributed by atoms with Crippen LogP contribution < -0.4 is 0 Å². The fraction of sp³-hybridized carbons (Fsp3) is 0.357. The van der Waals surface area contributed by atoms with Gasteiger partial charge in [-0.05, 0) is 30.9 Å². The highest BCUT2D eigenvalue weighted by molar-refractivity contribution is 9.09. The lowest BCUT2D eigenvalue weighted by Gasteiger charge is -2.09. The molecule has 0 aliphatic carbocycles. The summed E-state index contributed by atoms with van der Waals surface area (Å²) in [4.78, 5) is 0.455. The first-order chi connectivity index (χ1) is 8.27. The number of benzene rings is 1. The SMILES string of the molecule is Cn1nccc1CCCC(Br)c1ccccc1. The molecule has 2 rings (SSSR count). The van der Waals surface area contributed by atoms with E-state index in [-0.39, 0.29) is 0 Å². The Morgan fingerprint density at radius 1 is 1.24 bits per heavy atom. The molecule has 0 N–H and O–H groups in total. The molecule has 1 aromatic heterocycles. The van der Waals surface area contributed by atoms with Gasteiger partial charge >= 0.3 is 0 Å². The van der Waals surface area contributed by atoms with Crippen molar-refractivity contribution < 1.29 is 0 Å². The summed E-state index contributed by atoms with van der Waals surface area (Å²) in [5.74, 6) is 0. The summed E-state index contributed by atoms with van der Waals surface area (Å²) in [6, 6.07) is 12.7. The topological polar surface area (TPSA) is 17.8 Å². The fourth-order valence-corrected chi connectivity index (χ4v) is 2.57. The maximum Gasteiger partial charge on any atom is 0.0492 e. The molecular formula is C14H17BrN2. The van der Waals surface area contributed by atoms with Crippen LogP contribution in [0.5, 0.6) is 0 Å². The average Bonchev–Trinajstić information content (AvgIpc) is 2.76. The summed E-state index contributed by atoms with van der Waals surface area (Å²) < 4.78 is 1.95. The Balaban J connectivity index is 1.81. The second-order valence-corrected chi connectivity index (χ2v) is 5.32. The lowest BCUT2D eigenvalue weighted by Crippen LogP contribution is -1.99. The van der Waals surface area contributed by atoms with Crippen LogP contribution in [0.2, 0.25) is 0 Å². The number of rotatable bonds is 5. The third kappa shape index (κ3) is 3.43. The Bertz CT molecular complexity index is 450. The molecule has 0 bridgehead atoms. The number of aromatic nitrogens is 2. The van der Waals surface area contributed by atoms with E-state index in [9.17, 15) is 0 Å². The average molecular weight is 293 g/mol. The zero-order valence-electron chi connectivity index (χ0n) is 10.0. The van der Waals surface area contributed by atoms with Crippen LogP contribution in [0.1, 0.15) is 28.9 Å². The molecular weight excluding hydrogens is 276 g/mol. The largest absolute Gasteiger partial charge is 0.273 e. The standard InChI is InChI=1S/C14H17BrN2/c1-17-13(10-11-16-17)8-5-9-14(15)12-6-3-2-4-7-12/h2-4,6-7,10-11,14H,5,8-9H2,1H3. The van der Waals surface area contributed by atoms with Gasteiger partial charge in [0.1, 0.15) is 0 Å². The molecule has 1 heterocycles. The fourth-order valence-electron chi connectivity index (χ4n) is 1.94. The van der Waals surface area contributed by atoms with Crippen molar-refractivity contribution in [2.24, 2.45) is 7.05 Å². The van der Waals surface area contributed by atoms with Crippen molar-refractivity contribution in [3.8, 4) is 0 Å². The minimum Gasteiger partial charge on any atom is -0.273 e. The first-order valence-electron chi connectivity index (χ1n) is 5.93. The van der Waals surface area contributed by atoms with E-state index in [0.717, 1.165) is 12.8 Å². The molecule has 0 saturated carbocycles. The van der Waals surface area contributed by atoms with Crippen molar-refractivity contribution in [3.05, 3.63) is 53.9 Å². The lowest BCUT2D eigenvalue weighted by atomic mass is 10.1. The van der Waals surface area contributed by atoms with Gasteiger partial charge in [0, 0.05) is 23.8 Å². The normalized spacial score (nSPS) is 12.6. The Kier molecular flexibility index (Phi) is 4.37. The van der Waals surface area contributed by atoms with Crippen LogP contribution in [0.25, 0.3) is 0 Å². The van der Waals surface area contributed by atoms with Crippen molar-refractivity contribution in [2.75, 3.05) is 0 Å². The zero-order chi connectivity index (χ0) is 12.1. The minimum absolute atomic E-state index is 0.455. The molecule has 1 atom stereocenters. The summed E-state index contributed by atoms with van der Waals surface area (Å²) in [6.07, 6.45) is 5.27. The molecule has 1 unspecified atom stereocenters. The number of hydrogen-bond donors (Lipinski definition) is 0. The van der Waals surface area contributed by atoms with Crippen LogP contribution in [0, 0.1) is 0 Å². The van der Waals surface area contributed by atoms with Crippen LogP contribution in [0.15, 0.2) is 42.6 Å². The highest BCUT2D eigenvalue weighted by Gasteiger charge is 2.07. The molecule has 2 nitrogen and oxygen atoms in total. The summed E-state index contributed by atoms with van der Waals surface area (Å²) in [5, 5.41) is 4.18. The molecule has 0 fully saturated rings. The van der Waals surface area contributed by atoms with Crippen molar-refractivity contribution in [1.29, 1.82) is 0 Å². The Morgan fingerprint density at radius 3 is 2.65 bits per heavy atom. The van der Waals surface area contributed by atoms with E-state index in [4.69, 9.17) is 0 Å². The van der Waals surface area contributed by atoms with Crippen LogP contribution >= 0.6 is 15.9 Å². The van der Waals surface area contributed by atoms with Crippen molar-refractivity contribution >= 4 is 15.9 Å². The van der Waals surface area contributed by atoms with E-state index in [0.29, 0.717) is 4.83 Å². The molecule has 0 spiro atoms. The molecule has 3 heteroatoms. The summed E-state index contributed by atoms with van der Waals surface area (Å²) in [7, 11) is 2.00. The zero-order valence-corrected chi connectivity index (χ0v) is 11.6. The molecule has 90 valence electrons. The molecule has 0 saturated heterocycles. The van der Waals surface area contributed by atoms with Crippen LogP contribution in [0.3, 0.4) is 0 Å². The van der Waals surface area contributed by atoms with Crippen molar-refractivity contribution in [2.45, 2.75) is 24.1 Å². The number of halogens is 1. The molecule has 1 aromatic carbocycles. The third-order valence-corrected chi connectivity index (χ3v) is 3.96. The van der Waals surface area contributed by atoms with Gasteiger partial charge in [-0.25, -0.2) is 0 Å². The van der Waals surface area contributed by atoms with E-state index in [1.165, 1.54) is 17.7 Å². The van der Waals surface area contributed by atoms with Gasteiger partial charge < -0.3 is 0 Å². The van der Waals surface area contributed by atoms with Gasteiger partial charge in [0.25, 0.3) is 0 Å². The van der Waals surface area contributed by atoms with Gasteiger partial charge in [0.05, 0.1) is 0 Å². The quantitative estimate of drug-likeness (QED) is 0.765. The van der Waals surface area contributed by atoms with E-state index < -0.39 is 0 Å². The van der Waals surface area contributed by atoms with Crippen LogP contribution in [0.4, 0.5) is 0 Å². The van der Waals surface area contributed by atoms with Gasteiger partial charge in [-0.2, -0.15) is 5.10 Å². The summed E-state index contributed by atoms with van der Waals surface area (Å²) >= 11 is 3.75. The van der Waals surface area contributed by atoms with E-state index >= 15 is 0 Å². The first kappa shape index (κ1) is 12.4. The molecule has 0 radical (unpaired) electrons. The maximum absolute atomic E-state index is 4.18. The monoisotopic (exact) mass is 292 g/mol. The number of hydrogen-bond acceptors (Lipinski definition) is 1. The predicted octanol–water partition coefficient (Wildman–Crippen LogP) is 3.88. The van der Waals surface area contributed by atoms with Gasteiger partial charge in [0.15, 0.2) is 0 Å².